The Bertz CT molecular complexity index is 992. The van der Waals surface area contributed by atoms with Crippen LogP contribution in [0.2, 0.25) is 0 Å². The van der Waals surface area contributed by atoms with Crippen LogP contribution in [0.1, 0.15) is 12.0 Å². The highest BCUT2D eigenvalue weighted by atomic mass is 16.5. The maximum atomic E-state index is 12.1. The van der Waals surface area contributed by atoms with Crippen LogP contribution in [-0.4, -0.2) is 57.5 Å². The van der Waals surface area contributed by atoms with E-state index in [2.05, 4.69) is 30.8 Å². The molecule has 4 rings (SSSR count). The molecular formula is C19H21N7O3. The minimum atomic E-state index is -0.622. The molecular weight excluding hydrogens is 374 g/mol. The van der Waals surface area contributed by atoms with E-state index in [-0.39, 0.29) is 25.1 Å². The highest BCUT2D eigenvalue weighted by molar-refractivity contribution is 5.82. The fourth-order valence-electron chi connectivity index (χ4n) is 3.18. The molecule has 150 valence electrons. The van der Waals surface area contributed by atoms with Gasteiger partial charge in [0.15, 0.2) is 5.65 Å². The summed E-state index contributed by atoms with van der Waals surface area (Å²) in [4.78, 5) is 26.0. The Morgan fingerprint density at radius 2 is 2.03 bits per heavy atom. The van der Waals surface area contributed by atoms with Crippen LogP contribution in [0, 0.1) is 0 Å². The van der Waals surface area contributed by atoms with Gasteiger partial charge in [0, 0.05) is 19.1 Å². The van der Waals surface area contributed by atoms with E-state index in [1.807, 2.05) is 42.5 Å². The molecule has 2 aromatic heterocycles. The number of carbonyl (C=O) groups is 2. The molecule has 3 aromatic rings. The number of benzene rings is 1. The Hall–Kier alpha value is -3.69. The van der Waals surface area contributed by atoms with Gasteiger partial charge in [-0.25, -0.2) is 4.79 Å². The maximum Gasteiger partial charge on any atom is 0.407 e. The van der Waals surface area contributed by atoms with E-state index in [0.29, 0.717) is 12.2 Å². The summed E-state index contributed by atoms with van der Waals surface area (Å²) < 4.78 is 6.71. The van der Waals surface area contributed by atoms with Gasteiger partial charge in [-0.05, 0) is 24.1 Å². The number of nitrogens with one attached hydrogen (secondary N) is 2. The molecule has 29 heavy (non-hydrogen) atoms. The van der Waals surface area contributed by atoms with E-state index in [9.17, 15) is 9.59 Å². The van der Waals surface area contributed by atoms with Gasteiger partial charge in [0.2, 0.25) is 5.91 Å². The van der Waals surface area contributed by atoms with Crippen LogP contribution in [0.4, 0.5) is 10.6 Å². The summed E-state index contributed by atoms with van der Waals surface area (Å²) in [6, 6.07) is 13.1. The summed E-state index contributed by atoms with van der Waals surface area (Å²) in [6.45, 7) is 1.45. The highest BCUT2D eigenvalue weighted by Gasteiger charge is 2.25. The topological polar surface area (TPSA) is 114 Å². The number of hydrogen-bond donors (Lipinski definition) is 2. The van der Waals surface area contributed by atoms with Gasteiger partial charge in [-0.15, -0.1) is 15.3 Å². The summed E-state index contributed by atoms with van der Waals surface area (Å²) in [5, 5.41) is 17.6. The molecule has 0 saturated carbocycles. The van der Waals surface area contributed by atoms with Crippen LogP contribution < -0.4 is 15.5 Å². The minimum Gasteiger partial charge on any atom is -0.445 e. The van der Waals surface area contributed by atoms with Crippen molar-refractivity contribution in [2.24, 2.45) is 0 Å². The Balaban J connectivity index is 1.19. The average Bonchev–Trinajstić information content (AvgIpc) is 3.40. The Labute approximate surface area is 166 Å². The largest absolute Gasteiger partial charge is 0.445 e. The number of hydrogen-bond acceptors (Lipinski definition) is 7. The fourth-order valence-corrected chi connectivity index (χ4v) is 3.18. The third-order valence-corrected chi connectivity index (χ3v) is 4.63. The van der Waals surface area contributed by atoms with Gasteiger partial charge in [0.1, 0.15) is 25.3 Å². The summed E-state index contributed by atoms with van der Waals surface area (Å²) in [5.41, 5.74) is 1.57. The molecule has 1 aliphatic rings. The Morgan fingerprint density at radius 3 is 2.90 bits per heavy atom. The van der Waals surface area contributed by atoms with Crippen molar-refractivity contribution >= 4 is 23.5 Å². The van der Waals surface area contributed by atoms with Gasteiger partial charge >= 0.3 is 6.09 Å². The van der Waals surface area contributed by atoms with Crippen molar-refractivity contribution in [1.82, 2.24) is 30.4 Å². The molecule has 1 saturated heterocycles. The lowest BCUT2D eigenvalue weighted by Gasteiger charge is -2.17. The first kappa shape index (κ1) is 18.7. The highest BCUT2D eigenvalue weighted by Crippen LogP contribution is 2.18. The molecule has 1 fully saturated rings. The van der Waals surface area contributed by atoms with Gasteiger partial charge < -0.3 is 20.3 Å². The number of amides is 2. The molecule has 1 unspecified atom stereocenters. The van der Waals surface area contributed by atoms with Crippen molar-refractivity contribution in [3.8, 4) is 0 Å². The second kappa shape index (κ2) is 8.55. The van der Waals surface area contributed by atoms with Gasteiger partial charge in [-0.3, -0.25) is 4.79 Å². The number of ether oxygens (including phenoxy) is 1. The molecule has 0 bridgehead atoms. The van der Waals surface area contributed by atoms with Crippen molar-refractivity contribution in [2.75, 3.05) is 24.5 Å². The van der Waals surface area contributed by atoms with Crippen LogP contribution in [0.25, 0.3) is 5.65 Å². The first-order chi connectivity index (χ1) is 14.2. The predicted octanol–water partition coefficient (Wildman–Crippen LogP) is 0.746. The van der Waals surface area contributed by atoms with Crippen molar-refractivity contribution in [3.05, 3.63) is 54.4 Å². The van der Waals surface area contributed by atoms with Crippen LogP contribution >= 0.6 is 0 Å². The zero-order valence-electron chi connectivity index (χ0n) is 15.7. The van der Waals surface area contributed by atoms with E-state index in [4.69, 9.17) is 4.74 Å². The zero-order valence-corrected chi connectivity index (χ0v) is 15.7. The summed E-state index contributed by atoms with van der Waals surface area (Å²) in [7, 11) is 0. The standard InChI is InChI=1S/C19H21N7O3/c27-18(10-20-19(28)29-12-14-4-2-1-3-5-14)22-15-8-9-25(11-15)17-7-6-16-23-21-13-26(16)24-17/h1-7,13,15H,8-12H2,(H,20,28)(H,22,27). The number of nitrogens with zero attached hydrogens (tertiary/aromatic N) is 5. The summed E-state index contributed by atoms with van der Waals surface area (Å²) in [6.07, 6.45) is 1.73. The Kier molecular flexibility index (Phi) is 5.50. The zero-order chi connectivity index (χ0) is 20.1. The fraction of sp³-hybridized carbons (Fsp3) is 0.316. The quantitative estimate of drug-likeness (QED) is 0.633. The second-order valence-electron chi connectivity index (χ2n) is 6.74. The lowest BCUT2D eigenvalue weighted by molar-refractivity contribution is -0.120. The molecule has 10 nitrogen and oxygen atoms in total. The number of fused-ring (bicyclic) bond motifs is 1. The van der Waals surface area contributed by atoms with Crippen molar-refractivity contribution in [2.45, 2.75) is 19.1 Å². The number of rotatable bonds is 6. The number of carbonyl (C=O) groups excluding carboxylic acids is 2. The van der Waals surface area contributed by atoms with E-state index in [1.165, 1.54) is 0 Å². The van der Waals surface area contributed by atoms with Gasteiger partial charge in [-0.2, -0.15) is 4.52 Å². The molecule has 0 spiro atoms. The molecule has 1 aromatic carbocycles. The van der Waals surface area contributed by atoms with Crippen molar-refractivity contribution < 1.29 is 14.3 Å². The van der Waals surface area contributed by atoms with E-state index < -0.39 is 6.09 Å². The molecule has 2 amide bonds. The number of aromatic nitrogens is 4. The van der Waals surface area contributed by atoms with E-state index >= 15 is 0 Å². The smallest absolute Gasteiger partial charge is 0.407 e. The summed E-state index contributed by atoms with van der Waals surface area (Å²) in [5.74, 6) is 0.549. The summed E-state index contributed by atoms with van der Waals surface area (Å²) >= 11 is 0. The molecule has 1 aliphatic heterocycles. The van der Waals surface area contributed by atoms with Crippen molar-refractivity contribution in [1.29, 1.82) is 0 Å². The first-order valence-electron chi connectivity index (χ1n) is 9.33. The second-order valence-corrected chi connectivity index (χ2v) is 6.74. The van der Waals surface area contributed by atoms with Gasteiger partial charge in [0.25, 0.3) is 0 Å². The van der Waals surface area contributed by atoms with Gasteiger partial charge in [0.05, 0.1) is 0 Å². The van der Waals surface area contributed by atoms with Crippen LogP contribution in [-0.2, 0) is 16.1 Å². The lowest BCUT2D eigenvalue weighted by atomic mass is 10.2. The number of alkyl carbamates (subject to hydrolysis) is 1. The van der Waals surface area contributed by atoms with Crippen LogP contribution in [0.3, 0.4) is 0 Å². The maximum absolute atomic E-state index is 12.1. The predicted molar refractivity (Wildman–Crippen MR) is 104 cm³/mol. The van der Waals surface area contributed by atoms with E-state index in [1.54, 1.807) is 10.8 Å². The third-order valence-electron chi connectivity index (χ3n) is 4.63. The van der Waals surface area contributed by atoms with Crippen LogP contribution in [0.15, 0.2) is 48.8 Å². The van der Waals surface area contributed by atoms with Gasteiger partial charge in [-0.1, -0.05) is 30.3 Å². The lowest BCUT2D eigenvalue weighted by Crippen LogP contribution is -2.43. The first-order valence-corrected chi connectivity index (χ1v) is 9.33. The third kappa shape index (κ3) is 4.78. The molecule has 2 N–H and O–H groups in total. The van der Waals surface area contributed by atoms with Crippen LogP contribution in [0.5, 0.6) is 0 Å². The average molecular weight is 395 g/mol. The SMILES string of the molecule is O=C(CNC(=O)OCc1ccccc1)NC1CCN(c2ccc3nncn3n2)C1. The Morgan fingerprint density at radius 1 is 1.17 bits per heavy atom. The molecule has 1 atom stereocenters. The number of anilines is 1. The molecule has 10 heteroatoms. The molecule has 3 heterocycles. The normalized spacial score (nSPS) is 16.0. The van der Waals surface area contributed by atoms with Crippen molar-refractivity contribution in [3.63, 3.8) is 0 Å². The minimum absolute atomic E-state index is 0.0111. The molecule has 0 aliphatic carbocycles. The monoisotopic (exact) mass is 395 g/mol. The molecule has 0 radical (unpaired) electrons. The van der Waals surface area contributed by atoms with E-state index in [0.717, 1.165) is 24.3 Å².